The van der Waals surface area contributed by atoms with Crippen LogP contribution in [0.4, 0.5) is 5.69 Å². The molecule has 2 rings (SSSR count). The fourth-order valence-corrected chi connectivity index (χ4v) is 3.59. The van der Waals surface area contributed by atoms with Gasteiger partial charge in [0.2, 0.25) is 0 Å². The zero-order chi connectivity index (χ0) is 15.2. The van der Waals surface area contributed by atoms with Crippen LogP contribution in [0.3, 0.4) is 0 Å². The van der Waals surface area contributed by atoms with Gasteiger partial charge in [-0.15, -0.1) is 11.8 Å². The summed E-state index contributed by atoms with van der Waals surface area (Å²) < 4.78 is 0. The summed E-state index contributed by atoms with van der Waals surface area (Å²) in [6.07, 6.45) is 3.26. The number of rotatable bonds is 5. The standard InChI is InChI=1S/C16H20N2O2S/c1-2-21-15-8-4-7-14(13(15)10-17)18-12-6-3-5-11(9-12)16(19)20/h4,7-8,11-12,18H,2-3,5-6,9H2,1H3,(H,19,20). The van der Waals surface area contributed by atoms with Gasteiger partial charge in [-0.25, -0.2) is 0 Å². The van der Waals surface area contributed by atoms with Crippen molar-refractivity contribution in [3.8, 4) is 6.07 Å². The Morgan fingerprint density at radius 3 is 3.00 bits per heavy atom. The van der Waals surface area contributed by atoms with Gasteiger partial charge in [-0.2, -0.15) is 5.26 Å². The summed E-state index contributed by atoms with van der Waals surface area (Å²) in [4.78, 5) is 12.1. The van der Waals surface area contributed by atoms with Gasteiger partial charge in [0.25, 0.3) is 0 Å². The first-order chi connectivity index (χ1) is 10.2. The second-order valence-electron chi connectivity index (χ2n) is 5.27. The van der Waals surface area contributed by atoms with Crippen LogP contribution in [0.15, 0.2) is 23.1 Å². The zero-order valence-electron chi connectivity index (χ0n) is 12.1. The van der Waals surface area contributed by atoms with Crippen molar-refractivity contribution in [3.05, 3.63) is 23.8 Å². The van der Waals surface area contributed by atoms with E-state index in [2.05, 4.69) is 18.3 Å². The molecule has 0 heterocycles. The number of benzene rings is 1. The van der Waals surface area contributed by atoms with Gasteiger partial charge in [0, 0.05) is 10.9 Å². The number of hydrogen-bond donors (Lipinski definition) is 2. The van der Waals surface area contributed by atoms with Gasteiger partial charge in [0.05, 0.1) is 17.2 Å². The Bertz CT molecular complexity index is 554. The van der Waals surface area contributed by atoms with Crippen LogP contribution in [0, 0.1) is 17.2 Å². The molecule has 0 aliphatic heterocycles. The smallest absolute Gasteiger partial charge is 0.306 e. The van der Waals surface area contributed by atoms with E-state index >= 15 is 0 Å². The number of nitriles is 1. The molecule has 2 unspecified atom stereocenters. The molecule has 0 saturated heterocycles. The number of nitrogens with zero attached hydrogens (tertiary/aromatic N) is 1. The largest absolute Gasteiger partial charge is 0.481 e. The summed E-state index contributed by atoms with van der Waals surface area (Å²) in [5.41, 5.74) is 1.49. The Labute approximate surface area is 129 Å². The van der Waals surface area contributed by atoms with E-state index in [1.165, 1.54) is 0 Å². The molecule has 112 valence electrons. The molecule has 1 aliphatic carbocycles. The molecule has 5 heteroatoms. The lowest BCUT2D eigenvalue weighted by atomic mass is 9.85. The molecule has 1 aromatic rings. The Kier molecular flexibility index (Phi) is 5.51. The molecule has 2 atom stereocenters. The number of aliphatic carboxylic acids is 1. The van der Waals surface area contributed by atoms with Crippen molar-refractivity contribution in [1.82, 2.24) is 0 Å². The molecule has 0 bridgehead atoms. The maximum Gasteiger partial charge on any atom is 0.306 e. The van der Waals surface area contributed by atoms with Crippen molar-refractivity contribution in [2.24, 2.45) is 5.92 Å². The molecule has 2 N–H and O–H groups in total. The molecule has 1 fully saturated rings. The second-order valence-corrected chi connectivity index (χ2v) is 6.57. The molecule has 1 saturated carbocycles. The van der Waals surface area contributed by atoms with E-state index in [0.29, 0.717) is 12.0 Å². The normalized spacial score (nSPS) is 21.5. The quantitative estimate of drug-likeness (QED) is 0.811. The van der Waals surface area contributed by atoms with E-state index in [9.17, 15) is 10.1 Å². The Hall–Kier alpha value is -1.67. The third-order valence-corrected chi connectivity index (χ3v) is 4.76. The Balaban J connectivity index is 2.14. The van der Waals surface area contributed by atoms with E-state index in [0.717, 1.165) is 35.6 Å². The third kappa shape index (κ3) is 3.92. The van der Waals surface area contributed by atoms with Crippen molar-refractivity contribution < 1.29 is 9.90 Å². The second kappa shape index (κ2) is 7.37. The predicted molar refractivity (Wildman–Crippen MR) is 84.6 cm³/mol. The molecule has 0 amide bonds. The zero-order valence-corrected chi connectivity index (χ0v) is 12.9. The number of carbonyl (C=O) groups is 1. The van der Waals surface area contributed by atoms with Crippen molar-refractivity contribution in [2.75, 3.05) is 11.1 Å². The first-order valence-electron chi connectivity index (χ1n) is 7.31. The van der Waals surface area contributed by atoms with E-state index in [4.69, 9.17) is 5.11 Å². The molecule has 0 radical (unpaired) electrons. The first kappa shape index (κ1) is 15.7. The minimum atomic E-state index is -0.711. The van der Waals surface area contributed by atoms with E-state index in [1.54, 1.807) is 11.8 Å². The summed E-state index contributed by atoms with van der Waals surface area (Å²) in [6, 6.07) is 8.21. The van der Waals surface area contributed by atoms with Crippen LogP contribution in [-0.2, 0) is 4.79 Å². The highest BCUT2D eigenvalue weighted by molar-refractivity contribution is 7.99. The van der Waals surface area contributed by atoms with Gasteiger partial charge < -0.3 is 10.4 Å². The van der Waals surface area contributed by atoms with Crippen LogP contribution in [0.5, 0.6) is 0 Å². The van der Waals surface area contributed by atoms with Crippen molar-refractivity contribution >= 4 is 23.4 Å². The maximum atomic E-state index is 11.1. The summed E-state index contributed by atoms with van der Waals surface area (Å²) in [5.74, 6) is -0.0601. The SMILES string of the molecule is CCSc1cccc(NC2CCCC(C(=O)O)C2)c1C#N. The minimum absolute atomic E-state index is 0.133. The third-order valence-electron chi connectivity index (χ3n) is 3.82. The van der Waals surface area contributed by atoms with Gasteiger partial charge in [-0.1, -0.05) is 19.4 Å². The van der Waals surface area contributed by atoms with Gasteiger partial charge in [-0.05, 0) is 37.1 Å². The van der Waals surface area contributed by atoms with Gasteiger partial charge in [-0.3, -0.25) is 4.79 Å². The molecule has 21 heavy (non-hydrogen) atoms. The van der Waals surface area contributed by atoms with Crippen LogP contribution in [0.2, 0.25) is 0 Å². The lowest BCUT2D eigenvalue weighted by molar-refractivity contribution is -0.142. The lowest BCUT2D eigenvalue weighted by Gasteiger charge is -2.28. The first-order valence-corrected chi connectivity index (χ1v) is 8.29. The van der Waals surface area contributed by atoms with Crippen LogP contribution < -0.4 is 5.32 Å². The van der Waals surface area contributed by atoms with Gasteiger partial charge in [0.15, 0.2) is 0 Å². The molecule has 0 spiro atoms. The highest BCUT2D eigenvalue weighted by Crippen LogP contribution is 2.31. The predicted octanol–water partition coefficient (Wildman–Crippen LogP) is 3.73. The number of hydrogen-bond acceptors (Lipinski definition) is 4. The number of thioether (sulfide) groups is 1. The number of nitrogens with one attached hydrogen (secondary N) is 1. The van der Waals surface area contributed by atoms with E-state index in [-0.39, 0.29) is 12.0 Å². The molecular weight excluding hydrogens is 284 g/mol. The highest BCUT2D eigenvalue weighted by atomic mass is 32.2. The van der Waals surface area contributed by atoms with Crippen molar-refractivity contribution in [1.29, 1.82) is 5.26 Å². The number of carboxylic acid groups (broad SMARTS) is 1. The lowest BCUT2D eigenvalue weighted by Crippen LogP contribution is -2.31. The van der Waals surface area contributed by atoms with Gasteiger partial charge in [0.1, 0.15) is 6.07 Å². The average Bonchev–Trinajstić information content (AvgIpc) is 2.48. The van der Waals surface area contributed by atoms with E-state index < -0.39 is 5.97 Å². The van der Waals surface area contributed by atoms with Crippen LogP contribution in [0.25, 0.3) is 0 Å². The average molecular weight is 304 g/mol. The molecule has 1 aromatic carbocycles. The molecule has 4 nitrogen and oxygen atoms in total. The molecular formula is C16H20N2O2S. The van der Waals surface area contributed by atoms with E-state index in [1.807, 2.05) is 18.2 Å². The van der Waals surface area contributed by atoms with Crippen LogP contribution in [-0.4, -0.2) is 22.9 Å². The van der Waals surface area contributed by atoms with Crippen LogP contribution in [0.1, 0.15) is 38.2 Å². The van der Waals surface area contributed by atoms with Crippen LogP contribution >= 0.6 is 11.8 Å². The summed E-state index contributed by atoms with van der Waals surface area (Å²) in [6.45, 7) is 2.06. The topological polar surface area (TPSA) is 73.1 Å². The summed E-state index contributed by atoms with van der Waals surface area (Å²) >= 11 is 1.65. The summed E-state index contributed by atoms with van der Waals surface area (Å²) in [7, 11) is 0. The number of anilines is 1. The van der Waals surface area contributed by atoms with Gasteiger partial charge >= 0.3 is 5.97 Å². The molecule has 0 aromatic heterocycles. The summed E-state index contributed by atoms with van der Waals surface area (Å²) in [5, 5.41) is 21.9. The maximum absolute atomic E-state index is 11.1. The monoisotopic (exact) mass is 304 g/mol. The fourth-order valence-electron chi connectivity index (χ4n) is 2.81. The van der Waals surface area contributed by atoms with Crippen molar-refractivity contribution in [3.63, 3.8) is 0 Å². The fraction of sp³-hybridized carbons (Fsp3) is 0.500. The van der Waals surface area contributed by atoms with Crippen molar-refractivity contribution in [2.45, 2.75) is 43.5 Å². The minimum Gasteiger partial charge on any atom is -0.481 e. The number of carboxylic acids is 1. The highest BCUT2D eigenvalue weighted by Gasteiger charge is 2.27. The Morgan fingerprint density at radius 2 is 2.33 bits per heavy atom. The molecule has 1 aliphatic rings. The Morgan fingerprint density at radius 1 is 1.52 bits per heavy atom.